The smallest absolute Gasteiger partial charge is 0.247 e. The molecule has 0 saturated heterocycles. The lowest BCUT2D eigenvalue weighted by Gasteiger charge is -2.21. The van der Waals surface area contributed by atoms with Gasteiger partial charge >= 0.3 is 0 Å². The second kappa shape index (κ2) is 11.1. The molecule has 0 spiro atoms. The van der Waals surface area contributed by atoms with E-state index in [1.165, 1.54) is 0 Å². The number of anilines is 1. The van der Waals surface area contributed by atoms with Crippen LogP contribution in [0.1, 0.15) is 41.3 Å². The van der Waals surface area contributed by atoms with Crippen LogP contribution in [-0.4, -0.2) is 27.6 Å². The summed E-state index contributed by atoms with van der Waals surface area (Å²) in [5, 5.41) is 23.6. The fourth-order valence-corrected chi connectivity index (χ4v) is 3.68. The zero-order valence-electron chi connectivity index (χ0n) is 19.6. The maximum absolute atomic E-state index is 13.3. The Bertz CT molecular complexity index is 1300. The molecular weight excluding hydrogens is 436 g/mol. The molecule has 7 nitrogen and oxygen atoms in total. The summed E-state index contributed by atoms with van der Waals surface area (Å²) in [7, 11) is 0. The predicted molar refractivity (Wildman–Crippen MR) is 135 cm³/mol. The average molecular weight is 463 g/mol. The van der Waals surface area contributed by atoms with Crippen molar-refractivity contribution >= 4 is 11.7 Å². The first-order chi connectivity index (χ1) is 17.0. The molecule has 0 aliphatic heterocycles. The fraction of sp³-hybridized carbons (Fsp3) is 0.179. The number of carbonyl (C=O) groups excluding carboxylic acids is 1. The van der Waals surface area contributed by atoms with Crippen LogP contribution in [0.3, 0.4) is 0 Å². The number of carbonyl (C=O) groups is 1. The average Bonchev–Trinajstić information content (AvgIpc) is 2.90. The Morgan fingerprint density at radius 2 is 1.71 bits per heavy atom. The van der Waals surface area contributed by atoms with Crippen LogP contribution >= 0.6 is 0 Å². The summed E-state index contributed by atoms with van der Waals surface area (Å²) in [5.41, 5.74) is 4.98. The first kappa shape index (κ1) is 23.7. The number of hydrogen-bond acceptors (Lipinski definition) is 6. The third kappa shape index (κ3) is 6.14. The lowest BCUT2D eigenvalue weighted by molar-refractivity contribution is -0.118. The van der Waals surface area contributed by atoms with Gasteiger partial charge in [-0.05, 0) is 60.4 Å². The van der Waals surface area contributed by atoms with Crippen LogP contribution in [0.5, 0.6) is 0 Å². The van der Waals surface area contributed by atoms with E-state index in [-0.39, 0.29) is 11.8 Å². The number of nitrogens with zero attached hydrogens (tertiary/aromatic N) is 4. The van der Waals surface area contributed by atoms with Crippen molar-refractivity contribution in [3.63, 3.8) is 0 Å². The van der Waals surface area contributed by atoms with Gasteiger partial charge in [0.05, 0.1) is 23.0 Å². The molecule has 0 aliphatic rings. The number of aromatic nitrogens is 3. The van der Waals surface area contributed by atoms with E-state index in [1.54, 1.807) is 12.3 Å². The van der Waals surface area contributed by atoms with E-state index in [0.717, 1.165) is 28.1 Å². The van der Waals surface area contributed by atoms with Gasteiger partial charge in [-0.25, -0.2) is 4.98 Å². The summed E-state index contributed by atoms with van der Waals surface area (Å²) in [6.45, 7) is 4.55. The summed E-state index contributed by atoms with van der Waals surface area (Å²) < 4.78 is 0. The van der Waals surface area contributed by atoms with Gasteiger partial charge in [-0.2, -0.15) is 15.5 Å². The number of rotatable bonds is 8. The van der Waals surface area contributed by atoms with Crippen LogP contribution in [0.25, 0.3) is 11.3 Å². The van der Waals surface area contributed by atoms with E-state index in [0.29, 0.717) is 17.9 Å². The van der Waals surface area contributed by atoms with Crippen LogP contribution < -0.4 is 10.6 Å². The first-order valence-corrected chi connectivity index (χ1v) is 11.4. The van der Waals surface area contributed by atoms with E-state index in [2.05, 4.69) is 38.8 Å². The molecule has 4 aromatic rings. The number of benzene rings is 2. The minimum Gasteiger partial charge on any atom is -0.309 e. The minimum atomic E-state index is -0.554. The largest absolute Gasteiger partial charge is 0.309 e. The summed E-state index contributed by atoms with van der Waals surface area (Å²) in [6, 6.07) is 26.1. The molecule has 0 fully saturated rings. The van der Waals surface area contributed by atoms with Crippen molar-refractivity contribution in [2.45, 2.75) is 25.8 Å². The molecule has 2 aromatic heterocycles. The Hall–Kier alpha value is -4.41. The van der Waals surface area contributed by atoms with Crippen molar-refractivity contribution in [3.05, 3.63) is 107 Å². The topological polar surface area (TPSA) is 104 Å². The molecular formula is C28H26N6O. The van der Waals surface area contributed by atoms with Crippen LogP contribution in [0.4, 0.5) is 5.82 Å². The van der Waals surface area contributed by atoms with E-state index >= 15 is 0 Å². The Labute approximate surface area is 204 Å². The van der Waals surface area contributed by atoms with Crippen molar-refractivity contribution in [3.8, 4) is 17.3 Å². The van der Waals surface area contributed by atoms with E-state index in [1.807, 2.05) is 79.7 Å². The summed E-state index contributed by atoms with van der Waals surface area (Å²) in [6.07, 6.45) is 1.67. The summed E-state index contributed by atoms with van der Waals surface area (Å²) >= 11 is 0. The van der Waals surface area contributed by atoms with Gasteiger partial charge in [-0.1, -0.05) is 49.4 Å². The van der Waals surface area contributed by atoms with Crippen molar-refractivity contribution in [1.29, 1.82) is 5.26 Å². The first-order valence-electron chi connectivity index (χ1n) is 11.4. The molecule has 7 heteroatoms. The monoisotopic (exact) mass is 462 g/mol. The fourth-order valence-electron chi connectivity index (χ4n) is 3.68. The summed E-state index contributed by atoms with van der Waals surface area (Å²) in [5.74, 6) is 0.412. The Morgan fingerprint density at radius 1 is 0.943 bits per heavy atom. The van der Waals surface area contributed by atoms with Gasteiger partial charge in [0.1, 0.15) is 11.9 Å². The van der Waals surface area contributed by atoms with Crippen LogP contribution in [0.2, 0.25) is 0 Å². The Morgan fingerprint density at radius 3 is 2.34 bits per heavy atom. The second-order valence-electron chi connectivity index (χ2n) is 8.37. The Kier molecular flexibility index (Phi) is 7.56. The van der Waals surface area contributed by atoms with Crippen molar-refractivity contribution < 1.29 is 4.79 Å². The minimum absolute atomic E-state index is 0.148. The molecule has 0 aliphatic carbocycles. The molecule has 1 amide bonds. The van der Waals surface area contributed by atoms with Gasteiger partial charge in [0.2, 0.25) is 5.91 Å². The van der Waals surface area contributed by atoms with Crippen molar-refractivity contribution in [2.24, 2.45) is 0 Å². The maximum atomic E-state index is 13.3. The number of hydrogen-bond donors (Lipinski definition) is 2. The highest BCUT2D eigenvalue weighted by Crippen LogP contribution is 2.21. The molecule has 174 valence electrons. The highest BCUT2D eigenvalue weighted by molar-refractivity contribution is 5.94. The second-order valence-corrected chi connectivity index (χ2v) is 8.37. The number of nitrogens with one attached hydrogen (secondary N) is 2. The number of nitriles is 1. The molecule has 4 rings (SSSR count). The maximum Gasteiger partial charge on any atom is 0.247 e. The standard InChI is InChI=1S/C28H26N6O/c1-19(22-11-9-21(16-29)10-12-22)17-31-27(23-6-4-3-5-7-23)28(35)32-26-15-13-24(18-30-26)25-14-8-20(2)33-34-25/h3-15,18-19,27,31H,17H2,1-2H3,(H,30,32,35)/t19-,27+/m0/s1. The van der Waals surface area contributed by atoms with Gasteiger partial charge in [-0.3, -0.25) is 4.79 Å². The SMILES string of the molecule is Cc1ccc(-c2ccc(NC(=O)[C@H](NC[C@H](C)c3ccc(C#N)cc3)c3ccccc3)nc2)nn1. The molecule has 0 saturated carbocycles. The van der Waals surface area contributed by atoms with Gasteiger partial charge in [0.25, 0.3) is 0 Å². The number of pyridine rings is 1. The van der Waals surface area contributed by atoms with Gasteiger partial charge in [0.15, 0.2) is 0 Å². The van der Waals surface area contributed by atoms with Crippen LogP contribution in [-0.2, 0) is 4.79 Å². The molecule has 2 atom stereocenters. The molecule has 2 aromatic carbocycles. The molecule has 0 radical (unpaired) electrons. The van der Waals surface area contributed by atoms with E-state index in [4.69, 9.17) is 5.26 Å². The number of amides is 1. The zero-order valence-corrected chi connectivity index (χ0v) is 19.6. The van der Waals surface area contributed by atoms with Gasteiger partial charge in [-0.15, -0.1) is 0 Å². The normalized spacial score (nSPS) is 12.4. The van der Waals surface area contributed by atoms with Crippen molar-refractivity contribution in [2.75, 3.05) is 11.9 Å². The summed E-state index contributed by atoms with van der Waals surface area (Å²) in [4.78, 5) is 17.7. The lowest BCUT2D eigenvalue weighted by Crippen LogP contribution is -2.35. The molecule has 0 unspecified atom stereocenters. The van der Waals surface area contributed by atoms with E-state index < -0.39 is 6.04 Å². The van der Waals surface area contributed by atoms with Crippen molar-refractivity contribution in [1.82, 2.24) is 20.5 Å². The number of aryl methyl sites for hydroxylation is 1. The van der Waals surface area contributed by atoms with Crippen LogP contribution in [0, 0.1) is 18.3 Å². The Balaban J connectivity index is 1.46. The zero-order chi connectivity index (χ0) is 24.6. The third-order valence-electron chi connectivity index (χ3n) is 5.74. The third-order valence-corrected chi connectivity index (χ3v) is 5.74. The molecule has 2 heterocycles. The van der Waals surface area contributed by atoms with Crippen LogP contribution in [0.15, 0.2) is 85.1 Å². The predicted octanol–water partition coefficient (Wildman–Crippen LogP) is 4.79. The highest BCUT2D eigenvalue weighted by Gasteiger charge is 2.21. The molecule has 0 bridgehead atoms. The molecule has 35 heavy (non-hydrogen) atoms. The van der Waals surface area contributed by atoms with Gasteiger partial charge in [0, 0.05) is 18.3 Å². The van der Waals surface area contributed by atoms with E-state index in [9.17, 15) is 4.79 Å². The van der Waals surface area contributed by atoms with Gasteiger partial charge < -0.3 is 10.6 Å². The lowest BCUT2D eigenvalue weighted by atomic mass is 9.98. The quantitative estimate of drug-likeness (QED) is 0.390. The molecule has 2 N–H and O–H groups in total. The highest BCUT2D eigenvalue weighted by atomic mass is 16.2.